The minimum atomic E-state index is -0.218. The number of para-hydroxylation sites is 1. The lowest BCUT2D eigenvalue weighted by molar-refractivity contribution is 0.0972. The summed E-state index contributed by atoms with van der Waals surface area (Å²) in [5.41, 5.74) is 3.06. The third-order valence-electron chi connectivity index (χ3n) is 5.78. The first-order chi connectivity index (χ1) is 16.1. The zero-order valence-corrected chi connectivity index (χ0v) is 18.8. The molecule has 0 saturated heterocycles. The summed E-state index contributed by atoms with van der Waals surface area (Å²) in [7, 11) is 0. The highest BCUT2D eigenvalue weighted by atomic mass is 32.1. The molecule has 33 heavy (non-hydrogen) atoms. The first-order valence-corrected chi connectivity index (χ1v) is 11.4. The van der Waals surface area contributed by atoms with Crippen LogP contribution in [0.3, 0.4) is 0 Å². The summed E-state index contributed by atoms with van der Waals surface area (Å²) in [6.07, 6.45) is 3.60. The zero-order chi connectivity index (χ0) is 22.9. The number of nitrogens with zero attached hydrogens (tertiary/aromatic N) is 4. The van der Waals surface area contributed by atoms with Gasteiger partial charge in [0.15, 0.2) is 5.78 Å². The Kier molecular flexibility index (Phi) is 5.37. The second kappa shape index (κ2) is 8.49. The van der Waals surface area contributed by atoms with Gasteiger partial charge in [-0.05, 0) is 18.6 Å². The Hall–Kier alpha value is -4.02. The van der Waals surface area contributed by atoms with Crippen LogP contribution in [0.4, 0.5) is 0 Å². The van der Waals surface area contributed by atoms with Gasteiger partial charge in [0, 0.05) is 39.6 Å². The second-order valence-corrected chi connectivity index (χ2v) is 9.04. The molecule has 0 spiro atoms. The maximum atomic E-state index is 13.4. The summed E-state index contributed by atoms with van der Waals surface area (Å²) in [6.45, 7) is 2.39. The molecule has 0 fully saturated rings. The molecule has 0 saturated carbocycles. The number of rotatable bonds is 6. The lowest BCUT2D eigenvalue weighted by Crippen LogP contribution is -2.24. The van der Waals surface area contributed by atoms with Crippen molar-refractivity contribution in [2.45, 2.75) is 26.4 Å². The van der Waals surface area contributed by atoms with Crippen LogP contribution >= 0.6 is 11.3 Å². The van der Waals surface area contributed by atoms with E-state index in [9.17, 15) is 9.59 Å². The van der Waals surface area contributed by atoms with E-state index in [0.29, 0.717) is 28.7 Å². The summed E-state index contributed by atoms with van der Waals surface area (Å²) in [6, 6.07) is 19.5. The van der Waals surface area contributed by atoms with Crippen molar-refractivity contribution in [1.29, 1.82) is 5.26 Å². The monoisotopic (exact) mass is 452 g/mol. The predicted octanol–water partition coefficient (Wildman–Crippen LogP) is 5.18. The van der Waals surface area contributed by atoms with Crippen LogP contribution in [-0.4, -0.2) is 19.9 Å². The first-order valence-electron chi connectivity index (χ1n) is 10.6. The average Bonchev–Trinajstić information content (AvgIpc) is 3.38. The standard InChI is InChI=1S/C26H20N4O2S/c1-17-23(18-8-3-2-4-9-18)24-25(33-17)28-16-30(26(24)32)15-22(31)20-14-29(13-7-12-27)21-11-6-5-10-19(20)21/h2-6,8-11,14,16H,7,13,15H2,1H3. The Bertz CT molecular complexity index is 1600. The van der Waals surface area contributed by atoms with Gasteiger partial charge in [-0.1, -0.05) is 48.5 Å². The van der Waals surface area contributed by atoms with E-state index in [0.717, 1.165) is 26.9 Å². The number of hydrogen-bond donors (Lipinski definition) is 0. The van der Waals surface area contributed by atoms with E-state index >= 15 is 0 Å². The fourth-order valence-electron chi connectivity index (χ4n) is 4.27. The number of nitriles is 1. The van der Waals surface area contributed by atoms with Gasteiger partial charge in [-0.2, -0.15) is 5.26 Å². The molecule has 6 nitrogen and oxygen atoms in total. The van der Waals surface area contributed by atoms with E-state index in [1.807, 2.05) is 66.1 Å². The van der Waals surface area contributed by atoms with E-state index < -0.39 is 0 Å². The molecular weight excluding hydrogens is 432 g/mol. The second-order valence-electron chi connectivity index (χ2n) is 7.84. The van der Waals surface area contributed by atoms with Crippen molar-refractivity contribution in [3.8, 4) is 17.2 Å². The van der Waals surface area contributed by atoms with Gasteiger partial charge in [-0.25, -0.2) is 4.98 Å². The summed E-state index contributed by atoms with van der Waals surface area (Å²) >= 11 is 1.49. The molecule has 0 amide bonds. The smallest absolute Gasteiger partial charge is 0.263 e. The van der Waals surface area contributed by atoms with Crippen molar-refractivity contribution in [1.82, 2.24) is 14.1 Å². The van der Waals surface area contributed by atoms with Crippen molar-refractivity contribution in [2.75, 3.05) is 0 Å². The Morgan fingerprint density at radius 3 is 2.64 bits per heavy atom. The number of hydrogen-bond acceptors (Lipinski definition) is 5. The quantitative estimate of drug-likeness (QED) is 0.332. The van der Waals surface area contributed by atoms with Gasteiger partial charge in [0.05, 0.1) is 30.7 Å². The van der Waals surface area contributed by atoms with Gasteiger partial charge in [0.1, 0.15) is 4.83 Å². The topological polar surface area (TPSA) is 80.7 Å². The largest absolute Gasteiger partial charge is 0.346 e. The fraction of sp³-hybridized carbons (Fsp3) is 0.154. The van der Waals surface area contributed by atoms with Gasteiger partial charge in [0.2, 0.25) is 0 Å². The highest BCUT2D eigenvalue weighted by molar-refractivity contribution is 7.19. The molecule has 7 heteroatoms. The number of aromatic nitrogens is 3. The van der Waals surface area contributed by atoms with Crippen LogP contribution < -0.4 is 5.56 Å². The van der Waals surface area contributed by atoms with Gasteiger partial charge >= 0.3 is 0 Å². The van der Waals surface area contributed by atoms with Crippen molar-refractivity contribution < 1.29 is 4.79 Å². The molecule has 0 aliphatic heterocycles. The van der Waals surface area contributed by atoms with Gasteiger partial charge in [0.25, 0.3) is 5.56 Å². The van der Waals surface area contributed by atoms with Crippen LogP contribution in [-0.2, 0) is 13.1 Å². The lowest BCUT2D eigenvalue weighted by Gasteiger charge is -2.06. The fourth-order valence-corrected chi connectivity index (χ4v) is 5.27. The first kappa shape index (κ1) is 20.9. The number of thiophene rings is 1. The van der Waals surface area contributed by atoms with E-state index in [4.69, 9.17) is 5.26 Å². The van der Waals surface area contributed by atoms with E-state index in [1.165, 1.54) is 22.2 Å². The van der Waals surface area contributed by atoms with Crippen molar-refractivity contribution >= 4 is 38.2 Å². The molecule has 0 aliphatic carbocycles. The van der Waals surface area contributed by atoms with Gasteiger partial charge in [-0.3, -0.25) is 14.2 Å². The minimum absolute atomic E-state index is 0.100. The summed E-state index contributed by atoms with van der Waals surface area (Å²) in [5.74, 6) is -0.168. The summed E-state index contributed by atoms with van der Waals surface area (Å²) in [5, 5.41) is 10.3. The van der Waals surface area contributed by atoms with Crippen molar-refractivity contribution in [2.24, 2.45) is 0 Å². The Labute approximate surface area is 194 Å². The van der Waals surface area contributed by atoms with Crippen LogP contribution in [0.15, 0.2) is 71.9 Å². The maximum Gasteiger partial charge on any atom is 0.263 e. The lowest BCUT2D eigenvalue weighted by atomic mass is 10.0. The molecular formula is C26H20N4O2S. The predicted molar refractivity (Wildman–Crippen MR) is 131 cm³/mol. The van der Waals surface area contributed by atoms with Crippen LogP contribution in [0.1, 0.15) is 21.7 Å². The molecule has 162 valence electrons. The number of aryl methyl sites for hydroxylation is 2. The van der Waals surface area contributed by atoms with Crippen molar-refractivity contribution in [3.63, 3.8) is 0 Å². The van der Waals surface area contributed by atoms with Crippen LogP contribution in [0.25, 0.3) is 32.2 Å². The third kappa shape index (κ3) is 3.65. The Morgan fingerprint density at radius 2 is 1.85 bits per heavy atom. The number of carbonyl (C=O) groups excluding carboxylic acids is 1. The molecule has 0 bridgehead atoms. The maximum absolute atomic E-state index is 13.4. The highest BCUT2D eigenvalue weighted by Crippen LogP contribution is 2.35. The molecule has 0 atom stereocenters. The number of Topliss-reactive ketones (excluding diaryl/α,β-unsaturated/α-hetero) is 1. The normalized spacial score (nSPS) is 11.2. The number of carbonyl (C=O) groups is 1. The number of benzene rings is 2. The summed E-state index contributed by atoms with van der Waals surface area (Å²) < 4.78 is 3.32. The number of ketones is 1. The molecule has 0 aliphatic rings. The van der Waals surface area contributed by atoms with E-state index in [2.05, 4.69) is 11.1 Å². The van der Waals surface area contributed by atoms with Crippen LogP contribution in [0.2, 0.25) is 0 Å². The molecule has 3 heterocycles. The Balaban J connectivity index is 1.57. The average molecular weight is 453 g/mol. The van der Waals surface area contributed by atoms with Crippen molar-refractivity contribution in [3.05, 3.63) is 87.9 Å². The van der Waals surface area contributed by atoms with E-state index in [-0.39, 0.29) is 17.9 Å². The molecule has 5 rings (SSSR count). The van der Waals surface area contributed by atoms with Gasteiger partial charge < -0.3 is 4.57 Å². The molecule has 3 aromatic heterocycles. The molecule has 0 unspecified atom stereocenters. The molecule has 0 N–H and O–H groups in total. The Morgan fingerprint density at radius 1 is 1.09 bits per heavy atom. The third-order valence-corrected chi connectivity index (χ3v) is 6.80. The SMILES string of the molecule is Cc1sc2ncn(CC(=O)c3cn(CCC#N)c4ccccc34)c(=O)c2c1-c1ccccc1. The molecule has 0 radical (unpaired) electrons. The van der Waals surface area contributed by atoms with Gasteiger partial charge in [-0.15, -0.1) is 11.3 Å². The molecule has 2 aromatic carbocycles. The molecule has 5 aromatic rings. The summed E-state index contributed by atoms with van der Waals surface area (Å²) in [4.78, 5) is 32.9. The minimum Gasteiger partial charge on any atom is -0.346 e. The van der Waals surface area contributed by atoms with E-state index in [1.54, 1.807) is 6.20 Å². The van der Waals surface area contributed by atoms with Crippen LogP contribution in [0.5, 0.6) is 0 Å². The highest BCUT2D eigenvalue weighted by Gasteiger charge is 2.20. The van der Waals surface area contributed by atoms with Crippen LogP contribution in [0, 0.1) is 18.3 Å². The zero-order valence-electron chi connectivity index (χ0n) is 18.0. The number of fused-ring (bicyclic) bond motifs is 2.